The van der Waals surface area contributed by atoms with Gasteiger partial charge in [-0.2, -0.15) is 0 Å². The van der Waals surface area contributed by atoms with Crippen LogP contribution >= 0.6 is 0 Å². The number of allylic oxidation sites excluding steroid dienone is 2. The summed E-state index contributed by atoms with van der Waals surface area (Å²) >= 11 is 0. The summed E-state index contributed by atoms with van der Waals surface area (Å²) in [5.74, 6) is -0.804. The Balaban J connectivity index is 1.82. The van der Waals surface area contributed by atoms with Crippen LogP contribution in [0.5, 0.6) is 0 Å². The fraction of sp³-hybridized carbons (Fsp3) is 0.522. The Labute approximate surface area is 167 Å². The van der Waals surface area contributed by atoms with Crippen molar-refractivity contribution in [1.29, 1.82) is 0 Å². The molecule has 5 heteroatoms. The lowest BCUT2D eigenvalue weighted by Gasteiger charge is -2.19. The monoisotopic (exact) mass is 389 g/mol. The third-order valence-electron chi connectivity index (χ3n) is 5.39. The first-order valence-corrected chi connectivity index (χ1v) is 10.1. The third kappa shape index (κ3) is 7.58. The van der Waals surface area contributed by atoms with Gasteiger partial charge in [0.25, 0.3) is 0 Å². The van der Waals surface area contributed by atoms with E-state index in [2.05, 4.69) is 0 Å². The molecule has 1 saturated carbocycles. The predicted octanol–water partition coefficient (Wildman–Crippen LogP) is 2.26. The van der Waals surface area contributed by atoms with Crippen molar-refractivity contribution in [3.63, 3.8) is 0 Å². The van der Waals surface area contributed by atoms with Crippen LogP contribution in [0.15, 0.2) is 54.6 Å². The number of unbranched alkanes of at least 4 members (excludes halogenated alkanes) is 1. The van der Waals surface area contributed by atoms with Crippen molar-refractivity contribution in [1.82, 2.24) is 0 Å². The molecule has 154 valence electrons. The second-order valence-electron chi connectivity index (χ2n) is 7.61. The molecule has 1 aliphatic rings. The fourth-order valence-electron chi connectivity index (χ4n) is 3.77. The lowest BCUT2D eigenvalue weighted by atomic mass is 9.89. The Bertz CT molecular complexity index is 640. The van der Waals surface area contributed by atoms with Crippen LogP contribution in [0.25, 0.3) is 0 Å². The fourth-order valence-corrected chi connectivity index (χ4v) is 3.77. The molecular weight excluding hydrogens is 356 g/mol. The summed E-state index contributed by atoms with van der Waals surface area (Å²) in [6.07, 6.45) is 9.84. The van der Waals surface area contributed by atoms with Gasteiger partial charge >= 0.3 is 5.97 Å². The quantitative estimate of drug-likeness (QED) is 0.307. The van der Waals surface area contributed by atoms with Crippen molar-refractivity contribution in [2.24, 2.45) is 11.8 Å². The summed E-state index contributed by atoms with van der Waals surface area (Å²) < 4.78 is 0. The number of aliphatic hydroxyl groups excluding tert-OH is 3. The van der Waals surface area contributed by atoms with Crippen LogP contribution in [0.3, 0.4) is 0 Å². The van der Waals surface area contributed by atoms with Crippen LogP contribution in [-0.4, -0.2) is 44.7 Å². The highest BCUT2D eigenvalue weighted by atomic mass is 16.4. The number of rotatable bonds is 11. The van der Waals surface area contributed by atoms with E-state index in [1.54, 1.807) is 6.08 Å². The molecule has 0 spiro atoms. The lowest BCUT2D eigenvalue weighted by molar-refractivity contribution is -0.137. The van der Waals surface area contributed by atoms with Gasteiger partial charge in [0.05, 0.1) is 18.3 Å². The molecule has 0 amide bonds. The van der Waals surface area contributed by atoms with Crippen molar-refractivity contribution in [2.45, 2.75) is 63.3 Å². The van der Waals surface area contributed by atoms with Crippen LogP contribution < -0.4 is 0 Å². The molecule has 1 fully saturated rings. The van der Waals surface area contributed by atoms with Crippen molar-refractivity contribution in [3.05, 3.63) is 60.2 Å². The average molecular weight is 390 g/mol. The molecule has 0 aliphatic heterocycles. The van der Waals surface area contributed by atoms with Gasteiger partial charge < -0.3 is 20.4 Å². The minimum Gasteiger partial charge on any atom is -0.565 e. The molecule has 0 aromatic heterocycles. The second-order valence-corrected chi connectivity index (χ2v) is 7.61. The van der Waals surface area contributed by atoms with Gasteiger partial charge in [0.2, 0.25) is 0 Å². The predicted molar refractivity (Wildman–Crippen MR) is 110 cm³/mol. The van der Waals surface area contributed by atoms with Crippen molar-refractivity contribution < 1.29 is 25.2 Å². The summed E-state index contributed by atoms with van der Waals surface area (Å²) in [7, 11) is 0. The Morgan fingerprint density at radius 3 is 2.64 bits per heavy atom. The Morgan fingerprint density at radius 1 is 1.18 bits per heavy atom. The molecule has 0 bridgehead atoms. The van der Waals surface area contributed by atoms with Gasteiger partial charge in [0.1, 0.15) is 6.42 Å². The molecule has 28 heavy (non-hydrogen) atoms. The number of aryl methyl sites for hydroxylation is 1. The van der Waals surface area contributed by atoms with E-state index >= 15 is 0 Å². The van der Waals surface area contributed by atoms with Gasteiger partial charge in [0.15, 0.2) is 0 Å². The number of hydrogen-bond acceptors (Lipinski definition) is 4. The maximum absolute atomic E-state index is 10.6. The van der Waals surface area contributed by atoms with Crippen LogP contribution in [0.2, 0.25) is 0 Å². The number of aliphatic hydroxyl groups is 3. The number of hydrogen-bond donors (Lipinski definition) is 3. The minimum atomic E-state index is -0.605. The van der Waals surface area contributed by atoms with Gasteiger partial charge in [0, 0.05) is 17.1 Å². The molecule has 5 nitrogen and oxygen atoms in total. The van der Waals surface area contributed by atoms with E-state index in [1.165, 1.54) is 5.56 Å². The van der Waals surface area contributed by atoms with Crippen LogP contribution in [-0.2, 0) is 11.2 Å². The van der Waals surface area contributed by atoms with Gasteiger partial charge in [-0.15, -0.1) is 0 Å². The van der Waals surface area contributed by atoms with Gasteiger partial charge in [-0.3, -0.25) is 0 Å². The van der Waals surface area contributed by atoms with E-state index in [1.807, 2.05) is 48.6 Å². The Morgan fingerprint density at radius 2 is 1.93 bits per heavy atom. The van der Waals surface area contributed by atoms with Crippen molar-refractivity contribution in [3.8, 4) is 0 Å². The van der Waals surface area contributed by atoms with Crippen LogP contribution in [0, 0.1) is 11.8 Å². The average Bonchev–Trinajstić information content (AvgIpc) is 2.94. The van der Waals surface area contributed by atoms with Crippen molar-refractivity contribution in [2.75, 3.05) is 0 Å². The highest BCUT2D eigenvalue weighted by Gasteiger charge is 2.39. The highest BCUT2D eigenvalue weighted by Crippen LogP contribution is 2.36. The normalized spacial score (nSPS) is 26.2. The van der Waals surface area contributed by atoms with Crippen LogP contribution in [0.4, 0.5) is 0 Å². The largest absolute Gasteiger partial charge is 0.565 e. The summed E-state index contributed by atoms with van der Waals surface area (Å²) in [6, 6.07) is 10.0. The van der Waals surface area contributed by atoms with Gasteiger partial charge in [-0.05, 0) is 43.6 Å². The lowest BCUT2D eigenvalue weighted by Crippen LogP contribution is -2.20. The topological polar surface area (TPSA) is 101 Å². The van der Waals surface area contributed by atoms with E-state index in [0.29, 0.717) is 25.7 Å². The molecule has 0 saturated heterocycles. The SMILES string of the molecule is O=C([OH2+])CCC/C=C\C[C@@H]1[C@@H](/C=C/[C@@H](O)CCc2ccccc2)[C@H](O)C[C@@H]1O. The van der Waals surface area contributed by atoms with E-state index in [-0.39, 0.29) is 18.3 Å². The molecule has 1 aliphatic carbocycles. The van der Waals surface area contributed by atoms with Gasteiger partial charge in [-0.25, -0.2) is 0 Å². The molecule has 0 radical (unpaired) electrons. The van der Waals surface area contributed by atoms with Crippen LogP contribution in [0.1, 0.15) is 44.1 Å². The Kier molecular flexibility index (Phi) is 9.41. The first-order valence-electron chi connectivity index (χ1n) is 10.1. The first-order chi connectivity index (χ1) is 13.5. The van der Waals surface area contributed by atoms with E-state index in [4.69, 9.17) is 5.11 Å². The zero-order valence-corrected chi connectivity index (χ0v) is 16.3. The summed E-state index contributed by atoms with van der Waals surface area (Å²) in [5, 5.41) is 37.7. The molecule has 0 heterocycles. The standard InChI is InChI=1S/C23H32O5/c24-18(13-12-17-8-4-3-5-9-17)14-15-20-19(21(25)16-22(20)26)10-6-1-2-7-11-23(27)28/h1,3-6,8-9,14-15,18-22,24-26H,2,7,10-13,16H2,(H,27,28)/p+1/b6-1-,15-14+/t18-,19+,20+,21-,22+/m0/s1. The zero-order chi connectivity index (χ0) is 20.4. The first kappa shape index (κ1) is 22.3. The van der Waals surface area contributed by atoms with E-state index in [9.17, 15) is 20.1 Å². The maximum Gasteiger partial charge on any atom is 0.515 e. The Hall–Kier alpha value is -1.95. The zero-order valence-electron chi connectivity index (χ0n) is 16.3. The van der Waals surface area contributed by atoms with E-state index in [0.717, 1.165) is 12.8 Å². The van der Waals surface area contributed by atoms with Gasteiger partial charge in [-0.1, -0.05) is 54.6 Å². The summed E-state index contributed by atoms with van der Waals surface area (Å²) in [6.45, 7) is 0. The second kappa shape index (κ2) is 11.8. The van der Waals surface area contributed by atoms with E-state index < -0.39 is 24.3 Å². The molecule has 5 atom stereocenters. The number of carbonyl (C=O) groups excluding carboxylic acids is 1. The number of benzene rings is 1. The molecule has 0 unspecified atom stereocenters. The molecule has 1 aromatic rings. The molecule has 1 aromatic carbocycles. The number of carbonyl (C=O) groups is 1. The third-order valence-corrected chi connectivity index (χ3v) is 5.39. The molecule has 5 N–H and O–H groups in total. The smallest absolute Gasteiger partial charge is 0.515 e. The minimum absolute atomic E-state index is 0.0818. The summed E-state index contributed by atoms with van der Waals surface area (Å²) in [5.41, 5.74) is 1.18. The summed E-state index contributed by atoms with van der Waals surface area (Å²) in [4.78, 5) is 10.6. The van der Waals surface area contributed by atoms with Crippen molar-refractivity contribution >= 4 is 5.97 Å². The maximum atomic E-state index is 10.6. The molecule has 2 rings (SSSR count). The highest BCUT2D eigenvalue weighted by molar-refractivity contribution is 5.66. The molecular formula is C23H33O5+.